The van der Waals surface area contributed by atoms with E-state index in [1.165, 1.54) is 6.07 Å². The van der Waals surface area contributed by atoms with Crippen molar-refractivity contribution in [1.82, 2.24) is 14.5 Å². The predicted molar refractivity (Wildman–Crippen MR) is 77.3 cm³/mol. The average Bonchev–Trinajstić information content (AvgIpc) is 2.98. The lowest BCUT2D eigenvalue weighted by atomic mass is 10.3. The van der Waals surface area contributed by atoms with Crippen LogP contribution in [0.2, 0.25) is 0 Å². The number of aromatic nitrogens is 2. The van der Waals surface area contributed by atoms with E-state index in [0.29, 0.717) is 18.1 Å². The normalized spacial score (nSPS) is 14.4. The second-order valence-electron chi connectivity index (χ2n) is 4.76. The van der Waals surface area contributed by atoms with E-state index in [4.69, 9.17) is 5.11 Å². The maximum absolute atomic E-state index is 12.0. The Labute approximate surface area is 126 Å². The molecule has 1 amide bonds. The largest absolute Gasteiger partial charge is 0.481 e. The Morgan fingerprint density at radius 3 is 2.71 bits per heavy atom. The van der Waals surface area contributed by atoms with Crippen molar-refractivity contribution in [2.24, 2.45) is 0 Å². The van der Waals surface area contributed by atoms with Gasteiger partial charge < -0.3 is 14.6 Å². The zero-order valence-electron chi connectivity index (χ0n) is 11.5. The minimum atomic E-state index is -0.974. The van der Waals surface area contributed by atoms with E-state index in [1.54, 1.807) is 10.8 Å². The summed E-state index contributed by atoms with van der Waals surface area (Å²) in [6, 6.07) is 1.31. The highest BCUT2D eigenvalue weighted by atomic mass is 32.2. The quantitative estimate of drug-likeness (QED) is 0.605. The van der Waals surface area contributed by atoms with Crippen LogP contribution >= 0.6 is 11.8 Å². The zero-order valence-corrected chi connectivity index (χ0v) is 12.3. The standard InChI is InChI=1S/C13H17N3O4S/c17-10-3-7-16(13(14-10)21-9-12(19)20)8-4-11(18)15-5-1-2-6-15/h3,7H,1-2,4-6,8-9H2,(H,19,20). The monoisotopic (exact) mass is 311 g/mol. The first kappa shape index (κ1) is 15.6. The summed E-state index contributed by atoms with van der Waals surface area (Å²) in [4.78, 5) is 39.5. The highest BCUT2D eigenvalue weighted by molar-refractivity contribution is 7.99. The number of hydrogen-bond acceptors (Lipinski definition) is 5. The molecule has 2 rings (SSSR count). The Balaban J connectivity index is 1.99. The molecule has 1 aromatic rings. The van der Waals surface area contributed by atoms with Gasteiger partial charge in [0, 0.05) is 38.3 Å². The van der Waals surface area contributed by atoms with Crippen molar-refractivity contribution in [1.29, 1.82) is 0 Å². The summed E-state index contributed by atoms with van der Waals surface area (Å²) in [6.45, 7) is 2.01. The number of aliphatic carboxylic acids is 1. The highest BCUT2D eigenvalue weighted by Crippen LogP contribution is 2.15. The van der Waals surface area contributed by atoms with Crippen molar-refractivity contribution in [2.45, 2.75) is 31.0 Å². The summed E-state index contributed by atoms with van der Waals surface area (Å²) < 4.78 is 1.66. The van der Waals surface area contributed by atoms with Gasteiger partial charge in [-0.05, 0) is 12.8 Å². The fourth-order valence-electron chi connectivity index (χ4n) is 2.17. The SMILES string of the molecule is O=C(O)CSc1nc(=O)ccn1CCC(=O)N1CCCC1. The maximum atomic E-state index is 12.0. The Morgan fingerprint density at radius 1 is 1.33 bits per heavy atom. The Hall–Kier alpha value is -1.83. The van der Waals surface area contributed by atoms with E-state index >= 15 is 0 Å². The second kappa shape index (κ2) is 7.26. The molecule has 0 spiro atoms. The lowest BCUT2D eigenvalue weighted by Gasteiger charge is -2.16. The number of carbonyl (C=O) groups excluding carboxylic acids is 1. The smallest absolute Gasteiger partial charge is 0.313 e. The predicted octanol–water partition coefficient (Wildman–Crippen LogP) is 0.433. The van der Waals surface area contributed by atoms with E-state index in [9.17, 15) is 14.4 Å². The maximum Gasteiger partial charge on any atom is 0.313 e. The summed E-state index contributed by atoms with van der Waals surface area (Å²) in [5.41, 5.74) is -0.412. The molecule has 0 aliphatic carbocycles. The number of thioether (sulfide) groups is 1. The molecular formula is C13H17N3O4S. The zero-order chi connectivity index (χ0) is 15.2. The Kier molecular flexibility index (Phi) is 5.38. The van der Waals surface area contributed by atoms with Crippen molar-refractivity contribution in [3.8, 4) is 0 Å². The lowest BCUT2D eigenvalue weighted by Crippen LogP contribution is -2.28. The topological polar surface area (TPSA) is 92.5 Å². The number of rotatable bonds is 6. The molecule has 0 bridgehead atoms. The van der Waals surface area contributed by atoms with Crippen LogP contribution < -0.4 is 5.56 Å². The van der Waals surface area contributed by atoms with E-state index in [0.717, 1.165) is 37.7 Å². The molecule has 0 radical (unpaired) electrons. The molecule has 1 fully saturated rings. The van der Waals surface area contributed by atoms with Gasteiger partial charge in [0.15, 0.2) is 5.16 Å². The molecule has 1 aliphatic rings. The number of likely N-dealkylation sites (tertiary alicyclic amines) is 1. The molecule has 2 heterocycles. The summed E-state index contributed by atoms with van der Waals surface area (Å²) in [5.74, 6) is -1.06. The van der Waals surface area contributed by atoms with Crippen molar-refractivity contribution >= 4 is 23.6 Å². The number of carbonyl (C=O) groups is 2. The van der Waals surface area contributed by atoms with Crippen molar-refractivity contribution in [2.75, 3.05) is 18.8 Å². The lowest BCUT2D eigenvalue weighted by molar-refractivity contribution is -0.134. The second-order valence-corrected chi connectivity index (χ2v) is 5.70. The van der Waals surface area contributed by atoms with Crippen LogP contribution in [-0.4, -0.2) is 50.3 Å². The van der Waals surface area contributed by atoms with Gasteiger partial charge in [-0.1, -0.05) is 11.8 Å². The fourth-order valence-corrected chi connectivity index (χ4v) is 2.89. The third-order valence-corrected chi connectivity index (χ3v) is 4.17. The molecule has 0 atom stereocenters. The average molecular weight is 311 g/mol. The van der Waals surface area contributed by atoms with Gasteiger partial charge in [0.25, 0.3) is 5.56 Å². The molecular weight excluding hydrogens is 294 g/mol. The van der Waals surface area contributed by atoms with Gasteiger partial charge in [0.05, 0.1) is 5.75 Å². The van der Waals surface area contributed by atoms with Crippen LogP contribution in [0.1, 0.15) is 19.3 Å². The molecule has 8 heteroatoms. The summed E-state index contributed by atoms with van der Waals surface area (Å²) in [7, 11) is 0. The van der Waals surface area contributed by atoms with E-state index in [2.05, 4.69) is 4.98 Å². The first-order chi connectivity index (χ1) is 10.1. The highest BCUT2D eigenvalue weighted by Gasteiger charge is 2.18. The molecule has 0 unspecified atom stereocenters. The van der Waals surface area contributed by atoms with Crippen LogP contribution in [0.15, 0.2) is 22.2 Å². The van der Waals surface area contributed by atoms with Crippen molar-refractivity contribution in [3.05, 3.63) is 22.6 Å². The molecule has 7 nitrogen and oxygen atoms in total. The van der Waals surface area contributed by atoms with Crippen LogP contribution in [0.3, 0.4) is 0 Å². The number of hydrogen-bond donors (Lipinski definition) is 1. The third-order valence-electron chi connectivity index (χ3n) is 3.20. The van der Waals surface area contributed by atoms with Gasteiger partial charge in [0.2, 0.25) is 5.91 Å². The van der Waals surface area contributed by atoms with Gasteiger partial charge in [-0.15, -0.1) is 0 Å². The van der Waals surface area contributed by atoms with Gasteiger partial charge in [-0.2, -0.15) is 4.98 Å². The van der Waals surface area contributed by atoms with Crippen LogP contribution in [0, 0.1) is 0 Å². The van der Waals surface area contributed by atoms with Crippen LogP contribution in [-0.2, 0) is 16.1 Å². The Bertz CT molecular complexity index is 581. The number of aryl methyl sites for hydroxylation is 1. The number of carboxylic acids is 1. The van der Waals surface area contributed by atoms with Gasteiger partial charge in [0.1, 0.15) is 0 Å². The van der Waals surface area contributed by atoms with Crippen LogP contribution in [0.25, 0.3) is 0 Å². The van der Waals surface area contributed by atoms with E-state index < -0.39 is 11.5 Å². The van der Waals surface area contributed by atoms with Crippen molar-refractivity contribution < 1.29 is 14.7 Å². The summed E-state index contributed by atoms with van der Waals surface area (Å²) in [5, 5.41) is 9.03. The molecule has 114 valence electrons. The minimum Gasteiger partial charge on any atom is -0.481 e. The molecule has 1 saturated heterocycles. The van der Waals surface area contributed by atoms with Gasteiger partial charge >= 0.3 is 5.97 Å². The third kappa shape index (κ3) is 4.59. The number of carboxylic acid groups (broad SMARTS) is 1. The van der Waals surface area contributed by atoms with Crippen LogP contribution in [0.5, 0.6) is 0 Å². The molecule has 1 N–H and O–H groups in total. The first-order valence-electron chi connectivity index (χ1n) is 6.76. The molecule has 1 aromatic heterocycles. The van der Waals surface area contributed by atoms with E-state index in [1.807, 2.05) is 4.90 Å². The first-order valence-corrected chi connectivity index (χ1v) is 7.74. The van der Waals surface area contributed by atoms with E-state index in [-0.39, 0.29) is 11.7 Å². The molecule has 1 aliphatic heterocycles. The van der Waals surface area contributed by atoms with Crippen LogP contribution in [0.4, 0.5) is 0 Å². The molecule has 21 heavy (non-hydrogen) atoms. The van der Waals surface area contributed by atoms with Gasteiger partial charge in [-0.3, -0.25) is 14.4 Å². The number of amides is 1. The fraction of sp³-hybridized carbons (Fsp3) is 0.538. The molecule has 0 aromatic carbocycles. The summed E-state index contributed by atoms with van der Waals surface area (Å²) in [6.07, 6.45) is 3.97. The van der Waals surface area contributed by atoms with Crippen molar-refractivity contribution in [3.63, 3.8) is 0 Å². The molecule has 0 saturated carbocycles. The minimum absolute atomic E-state index is 0.0837. The van der Waals surface area contributed by atoms with Gasteiger partial charge in [-0.25, -0.2) is 0 Å². The number of nitrogens with zero attached hydrogens (tertiary/aromatic N) is 3. The Morgan fingerprint density at radius 2 is 2.05 bits per heavy atom. The summed E-state index contributed by atoms with van der Waals surface area (Å²) >= 11 is 0.981.